The van der Waals surface area contributed by atoms with Crippen molar-refractivity contribution in [3.05, 3.63) is 12.2 Å². The van der Waals surface area contributed by atoms with Gasteiger partial charge in [-0.3, -0.25) is 0 Å². The number of hydrogen-bond acceptors (Lipinski definition) is 1. The third kappa shape index (κ3) is 5.36. The highest BCUT2D eigenvalue weighted by Gasteiger charge is 2.13. The van der Waals surface area contributed by atoms with Gasteiger partial charge in [0, 0.05) is 13.2 Å². The first-order valence-corrected chi connectivity index (χ1v) is 6.45. The molecule has 0 spiro atoms. The van der Waals surface area contributed by atoms with Crippen LogP contribution in [0.15, 0.2) is 12.2 Å². The summed E-state index contributed by atoms with van der Waals surface area (Å²) in [5.41, 5.74) is 0. The lowest BCUT2D eigenvalue weighted by atomic mass is 9.96. The average Bonchev–Trinajstić information content (AvgIpc) is 2.68. The van der Waals surface area contributed by atoms with E-state index in [1.807, 2.05) is 0 Å². The first kappa shape index (κ1) is 12.8. The molecule has 0 bridgehead atoms. The normalized spacial score (nSPS) is 18.9. The topological polar surface area (TPSA) is 9.23 Å². The molecule has 0 saturated heterocycles. The predicted molar refractivity (Wildman–Crippen MR) is 65.9 cm³/mol. The smallest absolute Gasteiger partial charge is 0.0500 e. The van der Waals surface area contributed by atoms with Crippen molar-refractivity contribution in [2.75, 3.05) is 13.2 Å². The van der Waals surface area contributed by atoms with Crippen LogP contribution in [0.2, 0.25) is 0 Å². The second kappa shape index (κ2) is 7.05. The van der Waals surface area contributed by atoms with Gasteiger partial charge in [-0.15, -0.1) is 0 Å². The highest BCUT2D eigenvalue weighted by atomic mass is 16.5. The first-order chi connectivity index (χ1) is 7.22. The maximum Gasteiger partial charge on any atom is 0.0500 e. The zero-order valence-corrected chi connectivity index (χ0v) is 10.5. The van der Waals surface area contributed by atoms with Crippen LogP contribution in [0.5, 0.6) is 0 Å². The Hall–Kier alpha value is -0.300. The highest BCUT2D eigenvalue weighted by molar-refractivity contribution is 4.93. The summed E-state index contributed by atoms with van der Waals surface area (Å²) < 4.78 is 5.83. The number of allylic oxidation sites excluding steroid dienone is 2. The predicted octanol–water partition coefficient (Wildman–Crippen LogP) is 4.04. The van der Waals surface area contributed by atoms with E-state index in [-0.39, 0.29) is 0 Å². The van der Waals surface area contributed by atoms with Crippen molar-refractivity contribution in [1.29, 1.82) is 0 Å². The molecule has 1 rings (SSSR count). The largest absolute Gasteiger partial charge is 0.381 e. The van der Waals surface area contributed by atoms with Crippen molar-refractivity contribution < 1.29 is 4.74 Å². The summed E-state index contributed by atoms with van der Waals surface area (Å²) in [7, 11) is 0. The van der Waals surface area contributed by atoms with E-state index in [4.69, 9.17) is 4.74 Å². The van der Waals surface area contributed by atoms with Gasteiger partial charge in [0.25, 0.3) is 0 Å². The van der Waals surface area contributed by atoms with Crippen LogP contribution < -0.4 is 0 Å². The fraction of sp³-hybridized carbons (Fsp3) is 0.857. The summed E-state index contributed by atoms with van der Waals surface area (Å²) in [6.07, 6.45) is 9.56. The second-order valence-electron chi connectivity index (χ2n) is 5.25. The molecule has 0 heterocycles. The van der Waals surface area contributed by atoms with Crippen molar-refractivity contribution in [3.8, 4) is 0 Å². The quantitative estimate of drug-likeness (QED) is 0.576. The molecule has 0 aromatic heterocycles. The first-order valence-electron chi connectivity index (χ1n) is 6.45. The van der Waals surface area contributed by atoms with Crippen LogP contribution in [0.3, 0.4) is 0 Å². The van der Waals surface area contributed by atoms with Crippen molar-refractivity contribution >= 4 is 0 Å². The van der Waals surface area contributed by atoms with Gasteiger partial charge >= 0.3 is 0 Å². The van der Waals surface area contributed by atoms with Gasteiger partial charge in [-0.25, -0.2) is 0 Å². The molecule has 1 nitrogen and oxygen atoms in total. The van der Waals surface area contributed by atoms with Gasteiger partial charge in [-0.05, 0) is 37.0 Å². The molecular weight excluding hydrogens is 184 g/mol. The van der Waals surface area contributed by atoms with Gasteiger partial charge in [0.05, 0.1) is 0 Å². The van der Waals surface area contributed by atoms with Gasteiger partial charge in [0.2, 0.25) is 0 Å². The number of hydrogen-bond donors (Lipinski definition) is 0. The van der Waals surface area contributed by atoms with Crippen molar-refractivity contribution in [3.63, 3.8) is 0 Å². The Labute approximate surface area is 94.9 Å². The summed E-state index contributed by atoms with van der Waals surface area (Å²) in [5, 5.41) is 0. The number of rotatable bonds is 7. The van der Waals surface area contributed by atoms with Crippen LogP contribution in [0.4, 0.5) is 0 Å². The van der Waals surface area contributed by atoms with Gasteiger partial charge in [0.15, 0.2) is 0 Å². The highest BCUT2D eigenvalue weighted by Crippen LogP contribution is 2.20. The lowest BCUT2D eigenvalue weighted by Crippen LogP contribution is -2.15. The third-order valence-electron chi connectivity index (χ3n) is 3.19. The molecule has 1 aliphatic rings. The van der Waals surface area contributed by atoms with E-state index in [0.29, 0.717) is 0 Å². The Bertz CT molecular complexity index is 176. The fourth-order valence-corrected chi connectivity index (χ4v) is 2.23. The maximum atomic E-state index is 5.83. The minimum absolute atomic E-state index is 0.763. The van der Waals surface area contributed by atoms with Crippen LogP contribution in [0.25, 0.3) is 0 Å². The zero-order valence-electron chi connectivity index (χ0n) is 10.5. The van der Waals surface area contributed by atoms with Gasteiger partial charge in [0.1, 0.15) is 0 Å². The molecule has 0 saturated carbocycles. The Balaban J connectivity index is 2.06. The summed E-state index contributed by atoms with van der Waals surface area (Å²) >= 11 is 0. The van der Waals surface area contributed by atoms with Crippen LogP contribution in [0, 0.1) is 17.8 Å². The Morgan fingerprint density at radius 1 is 1.27 bits per heavy atom. The summed E-state index contributed by atoms with van der Waals surface area (Å²) in [6.45, 7) is 8.79. The molecule has 0 aromatic carbocycles. The molecule has 15 heavy (non-hydrogen) atoms. The Morgan fingerprint density at radius 3 is 2.47 bits per heavy atom. The molecule has 0 fully saturated rings. The molecule has 88 valence electrons. The Morgan fingerprint density at radius 2 is 1.93 bits per heavy atom. The molecule has 0 radical (unpaired) electrons. The van der Waals surface area contributed by atoms with E-state index < -0.39 is 0 Å². The summed E-state index contributed by atoms with van der Waals surface area (Å²) in [5.74, 6) is 2.33. The van der Waals surface area contributed by atoms with E-state index in [0.717, 1.165) is 31.0 Å². The van der Waals surface area contributed by atoms with E-state index >= 15 is 0 Å². The van der Waals surface area contributed by atoms with Crippen LogP contribution >= 0.6 is 0 Å². The third-order valence-corrected chi connectivity index (χ3v) is 3.19. The van der Waals surface area contributed by atoms with E-state index in [1.54, 1.807) is 0 Å². The lowest BCUT2D eigenvalue weighted by molar-refractivity contribution is 0.0668. The van der Waals surface area contributed by atoms with Gasteiger partial charge < -0.3 is 4.74 Å². The Kier molecular flexibility index (Phi) is 6.00. The van der Waals surface area contributed by atoms with Crippen LogP contribution in [-0.2, 0) is 4.74 Å². The maximum absolute atomic E-state index is 5.83. The molecule has 1 unspecified atom stereocenters. The van der Waals surface area contributed by atoms with E-state index in [9.17, 15) is 0 Å². The van der Waals surface area contributed by atoms with Crippen molar-refractivity contribution in [1.82, 2.24) is 0 Å². The van der Waals surface area contributed by atoms with Crippen LogP contribution in [0.1, 0.15) is 46.5 Å². The van der Waals surface area contributed by atoms with E-state index in [1.165, 1.54) is 25.7 Å². The summed E-state index contributed by atoms with van der Waals surface area (Å²) in [6, 6.07) is 0. The molecule has 0 aliphatic heterocycles. The minimum atomic E-state index is 0.763. The minimum Gasteiger partial charge on any atom is -0.381 e. The van der Waals surface area contributed by atoms with Crippen molar-refractivity contribution in [2.45, 2.75) is 46.5 Å². The monoisotopic (exact) mass is 210 g/mol. The molecule has 1 atom stereocenters. The molecule has 1 heteroatoms. The standard InChI is InChI=1S/C14H26O/c1-4-13(9-12(2)3)10-15-11-14-7-5-6-8-14/h5-6,12-14H,4,7-11H2,1-3H3. The second-order valence-corrected chi connectivity index (χ2v) is 5.25. The zero-order chi connectivity index (χ0) is 11.1. The SMILES string of the molecule is CCC(COCC1CC=CC1)CC(C)C. The average molecular weight is 210 g/mol. The van der Waals surface area contributed by atoms with E-state index in [2.05, 4.69) is 32.9 Å². The lowest BCUT2D eigenvalue weighted by Gasteiger charge is -2.18. The molecule has 0 N–H and O–H groups in total. The molecule has 0 aromatic rings. The van der Waals surface area contributed by atoms with Gasteiger partial charge in [-0.2, -0.15) is 0 Å². The molecule has 1 aliphatic carbocycles. The number of ether oxygens (including phenoxy) is 1. The van der Waals surface area contributed by atoms with Gasteiger partial charge in [-0.1, -0.05) is 39.3 Å². The fourth-order valence-electron chi connectivity index (χ4n) is 2.23. The molecular formula is C14H26O. The van der Waals surface area contributed by atoms with Crippen molar-refractivity contribution in [2.24, 2.45) is 17.8 Å². The van der Waals surface area contributed by atoms with Crippen LogP contribution in [-0.4, -0.2) is 13.2 Å². The summed E-state index contributed by atoms with van der Waals surface area (Å²) in [4.78, 5) is 0. The molecule has 0 amide bonds.